The normalized spacial score (nSPS) is 21.1. The van der Waals surface area contributed by atoms with Crippen LogP contribution in [0.15, 0.2) is 23.4 Å². The van der Waals surface area contributed by atoms with Crippen LogP contribution >= 0.6 is 11.6 Å². The van der Waals surface area contributed by atoms with Crippen LogP contribution in [0.3, 0.4) is 0 Å². The quantitative estimate of drug-likeness (QED) is 0.626. The molecule has 0 radical (unpaired) electrons. The molecule has 1 fully saturated rings. The number of ether oxygens (including phenoxy) is 1. The highest BCUT2D eigenvalue weighted by Crippen LogP contribution is 2.39. The molecule has 3 aliphatic rings. The molecular formula is C21H24ClN7O3S. The first-order chi connectivity index (χ1) is 15.9. The molecule has 1 atom stereocenters. The molecule has 4 heterocycles. The average Bonchev–Trinajstić information content (AvgIpc) is 3.17. The summed E-state index contributed by atoms with van der Waals surface area (Å²) in [4.78, 5) is 32.0. The lowest BCUT2D eigenvalue weighted by molar-refractivity contribution is 0.101. The summed E-state index contributed by atoms with van der Waals surface area (Å²) in [6.45, 7) is 1.47. The number of anilines is 2. The van der Waals surface area contributed by atoms with Gasteiger partial charge in [-0.15, -0.1) is 0 Å². The zero-order chi connectivity index (χ0) is 23.0. The van der Waals surface area contributed by atoms with Crippen LogP contribution in [0, 0.1) is 0 Å². The number of primary amides is 1. The van der Waals surface area contributed by atoms with Crippen molar-refractivity contribution in [3.05, 3.63) is 35.0 Å². The monoisotopic (exact) mass is 489 g/mol. The number of halogens is 1. The number of nitrogens with zero attached hydrogens (tertiary/aromatic N) is 5. The van der Waals surface area contributed by atoms with Crippen molar-refractivity contribution < 1.29 is 13.7 Å². The topological polar surface area (TPSA) is 136 Å². The highest BCUT2D eigenvalue weighted by Gasteiger charge is 2.40. The molecule has 1 amide bonds. The average molecular weight is 490 g/mol. The minimum absolute atomic E-state index is 0.153. The number of rotatable bonds is 6. The second kappa shape index (κ2) is 8.86. The molecule has 0 aromatic carbocycles. The van der Waals surface area contributed by atoms with Crippen molar-refractivity contribution in [1.29, 1.82) is 0 Å². The Kier molecular flexibility index (Phi) is 5.92. The van der Waals surface area contributed by atoms with E-state index in [1.54, 1.807) is 12.4 Å². The molecule has 0 bridgehead atoms. The molecule has 33 heavy (non-hydrogen) atoms. The molecule has 10 nitrogen and oxygen atoms in total. The summed E-state index contributed by atoms with van der Waals surface area (Å²) in [6, 6.07) is 0. The Bertz CT molecular complexity index is 1140. The van der Waals surface area contributed by atoms with Gasteiger partial charge in [-0.05, 0) is 31.3 Å². The van der Waals surface area contributed by atoms with Crippen molar-refractivity contribution in [2.24, 2.45) is 5.73 Å². The van der Waals surface area contributed by atoms with Gasteiger partial charge in [-0.25, -0.2) is 19.7 Å². The first-order valence-corrected chi connectivity index (χ1v) is 12.5. The standard InChI is InChI=1S/C21H24ClN7O3S/c22-14-10-24-17(25-11-14)13-2-7-29(8-3-13)20-26-15-4-9-33(31)16(15)18(27-20)28-21(5-1-6-21)12-32-19(23)30/h2,10-11H,1,3-9,12H2,(H2,23,30)(H,26,27,28)/t33-/m0/s1. The van der Waals surface area contributed by atoms with Gasteiger partial charge in [0.2, 0.25) is 5.95 Å². The number of nitrogens with two attached hydrogens (primary N) is 1. The van der Waals surface area contributed by atoms with Crippen molar-refractivity contribution in [2.75, 3.05) is 35.7 Å². The van der Waals surface area contributed by atoms with Gasteiger partial charge in [-0.2, -0.15) is 4.98 Å². The first kappa shape index (κ1) is 22.0. The number of carbonyl (C=O) groups is 1. The number of hydrogen-bond donors (Lipinski definition) is 2. The Hall–Kier alpha value is -2.79. The maximum atomic E-state index is 12.7. The van der Waals surface area contributed by atoms with Gasteiger partial charge in [-0.3, -0.25) is 4.21 Å². The molecule has 2 aliphatic heterocycles. The summed E-state index contributed by atoms with van der Waals surface area (Å²) in [6.07, 6.45) is 8.48. The third-order valence-electron chi connectivity index (χ3n) is 6.26. The molecule has 12 heteroatoms. The Labute approximate surface area is 198 Å². The van der Waals surface area contributed by atoms with E-state index in [9.17, 15) is 9.00 Å². The second-order valence-electron chi connectivity index (χ2n) is 8.46. The van der Waals surface area contributed by atoms with Crippen LogP contribution in [-0.4, -0.2) is 61.2 Å². The van der Waals surface area contributed by atoms with Gasteiger partial charge < -0.3 is 20.7 Å². The van der Waals surface area contributed by atoms with Gasteiger partial charge >= 0.3 is 6.09 Å². The van der Waals surface area contributed by atoms with E-state index in [4.69, 9.17) is 32.0 Å². The first-order valence-electron chi connectivity index (χ1n) is 10.8. The minimum atomic E-state index is -1.16. The van der Waals surface area contributed by atoms with Crippen molar-refractivity contribution in [3.8, 4) is 0 Å². The number of carbonyl (C=O) groups excluding carboxylic acids is 1. The van der Waals surface area contributed by atoms with E-state index < -0.39 is 22.4 Å². The van der Waals surface area contributed by atoms with Crippen molar-refractivity contribution in [1.82, 2.24) is 19.9 Å². The predicted molar refractivity (Wildman–Crippen MR) is 125 cm³/mol. The van der Waals surface area contributed by atoms with Crippen LogP contribution < -0.4 is 16.0 Å². The molecule has 0 saturated heterocycles. The predicted octanol–water partition coefficient (Wildman–Crippen LogP) is 2.31. The van der Waals surface area contributed by atoms with Crippen LogP contribution in [0.5, 0.6) is 0 Å². The van der Waals surface area contributed by atoms with E-state index in [2.05, 4.69) is 26.3 Å². The highest BCUT2D eigenvalue weighted by atomic mass is 35.5. The third-order valence-corrected chi connectivity index (χ3v) is 7.91. The van der Waals surface area contributed by atoms with E-state index in [-0.39, 0.29) is 6.61 Å². The van der Waals surface area contributed by atoms with Crippen LogP contribution in [0.2, 0.25) is 5.02 Å². The fourth-order valence-corrected chi connectivity index (χ4v) is 5.71. The van der Waals surface area contributed by atoms with Crippen LogP contribution in [-0.2, 0) is 22.0 Å². The van der Waals surface area contributed by atoms with E-state index in [0.29, 0.717) is 52.8 Å². The lowest BCUT2D eigenvalue weighted by Gasteiger charge is -2.42. The summed E-state index contributed by atoms with van der Waals surface area (Å²) < 4.78 is 17.8. The van der Waals surface area contributed by atoms with Gasteiger partial charge in [0, 0.05) is 37.7 Å². The van der Waals surface area contributed by atoms with Gasteiger partial charge in [0.1, 0.15) is 17.3 Å². The fourth-order valence-electron chi connectivity index (χ4n) is 4.31. The highest BCUT2D eigenvalue weighted by molar-refractivity contribution is 7.85. The Morgan fingerprint density at radius 3 is 2.70 bits per heavy atom. The molecule has 1 aliphatic carbocycles. The van der Waals surface area contributed by atoms with Crippen molar-refractivity contribution in [2.45, 2.75) is 42.5 Å². The van der Waals surface area contributed by atoms with Crippen LogP contribution in [0.4, 0.5) is 16.6 Å². The zero-order valence-electron chi connectivity index (χ0n) is 17.9. The zero-order valence-corrected chi connectivity index (χ0v) is 19.5. The number of fused-ring (bicyclic) bond motifs is 1. The number of hydrogen-bond acceptors (Lipinski definition) is 9. The fraction of sp³-hybridized carbons (Fsp3) is 0.476. The minimum Gasteiger partial charge on any atom is -0.447 e. The number of nitrogens with one attached hydrogen (secondary N) is 1. The summed E-state index contributed by atoms with van der Waals surface area (Å²) in [5, 5.41) is 3.95. The van der Waals surface area contributed by atoms with Crippen molar-refractivity contribution in [3.63, 3.8) is 0 Å². The lowest BCUT2D eigenvalue weighted by atomic mass is 9.77. The molecule has 3 N–H and O–H groups in total. The van der Waals surface area contributed by atoms with Crippen molar-refractivity contribution >= 4 is 45.8 Å². The van der Waals surface area contributed by atoms with E-state index >= 15 is 0 Å². The van der Waals surface area contributed by atoms with Gasteiger partial charge in [0.15, 0.2) is 5.82 Å². The van der Waals surface area contributed by atoms with E-state index in [0.717, 1.165) is 37.0 Å². The number of aryl methyl sites for hydroxylation is 1. The summed E-state index contributed by atoms with van der Waals surface area (Å²) in [7, 11) is -1.16. The largest absolute Gasteiger partial charge is 0.447 e. The molecule has 174 valence electrons. The summed E-state index contributed by atoms with van der Waals surface area (Å²) in [5.74, 6) is 2.36. The summed E-state index contributed by atoms with van der Waals surface area (Å²) in [5.41, 5.74) is 6.60. The molecule has 0 unspecified atom stereocenters. The smallest absolute Gasteiger partial charge is 0.404 e. The molecule has 2 aromatic heterocycles. The second-order valence-corrected chi connectivity index (χ2v) is 10.4. The van der Waals surface area contributed by atoms with Crippen LogP contribution in [0.1, 0.15) is 37.2 Å². The Morgan fingerprint density at radius 1 is 1.27 bits per heavy atom. The molecular weight excluding hydrogens is 466 g/mol. The van der Waals surface area contributed by atoms with Crippen LogP contribution in [0.25, 0.3) is 5.57 Å². The van der Waals surface area contributed by atoms with Gasteiger partial charge in [-0.1, -0.05) is 17.7 Å². The Balaban J connectivity index is 1.40. The van der Waals surface area contributed by atoms with Gasteiger partial charge in [0.25, 0.3) is 0 Å². The third kappa shape index (κ3) is 4.51. The van der Waals surface area contributed by atoms with Gasteiger partial charge in [0.05, 0.1) is 27.1 Å². The Morgan fingerprint density at radius 2 is 2.06 bits per heavy atom. The summed E-state index contributed by atoms with van der Waals surface area (Å²) >= 11 is 5.89. The molecule has 1 saturated carbocycles. The molecule has 5 rings (SSSR count). The van der Waals surface area contributed by atoms with E-state index in [1.807, 2.05) is 0 Å². The number of aromatic nitrogens is 4. The number of amides is 1. The molecule has 0 spiro atoms. The molecule has 2 aromatic rings. The lowest BCUT2D eigenvalue weighted by Crippen LogP contribution is -2.50. The SMILES string of the molecule is NC(=O)OCC1(Nc2nc(N3CC=C(c4ncc(Cl)cn4)CC3)nc3c2[S@@](=O)CC3)CCC1. The maximum absolute atomic E-state index is 12.7. The maximum Gasteiger partial charge on any atom is 0.404 e. The van der Waals surface area contributed by atoms with E-state index in [1.165, 1.54) is 0 Å².